The minimum atomic E-state index is 0.792. The number of rotatable bonds is 5. The van der Waals surface area contributed by atoms with E-state index in [2.05, 4.69) is 35.4 Å². The van der Waals surface area contributed by atoms with Gasteiger partial charge in [0.2, 0.25) is 0 Å². The topological polar surface area (TPSA) is 34.1 Å². The summed E-state index contributed by atoms with van der Waals surface area (Å²) in [5, 5.41) is 3.35. The van der Waals surface area contributed by atoms with Gasteiger partial charge in [-0.1, -0.05) is 18.2 Å². The first-order chi connectivity index (χ1) is 9.76. The van der Waals surface area contributed by atoms with Crippen LogP contribution in [0.1, 0.15) is 35.4 Å². The van der Waals surface area contributed by atoms with Crippen molar-refractivity contribution >= 4 is 5.82 Å². The lowest BCUT2D eigenvalue weighted by molar-refractivity contribution is 0.414. The van der Waals surface area contributed by atoms with Crippen LogP contribution in [-0.4, -0.2) is 12.1 Å². The zero-order valence-corrected chi connectivity index (χ0v) is 12.0. The fraction of sp³-hybridized carbons (Fsp3) is 0.353. The van der Waals surface area contributed by atoms with Crippen molar-refractivity contribution in [1.29, 1.82) is 0 Å². The van der Waals surface area contributed by atoms with E-state index in [1.807, 2.05) is 12.1 Å². The Bertz CT molecular complexity index is 606. The lowest BCUT2D eigenvalue weighted by Gasteiger charge is -2.10. The lowest BCUT2D eigenvalue weighted by Crippen LogP contribution is -2.02. The highest BCUT2D eigenvalue weighted by Crippen LogP contribution is 2.41. The number of anilines is 1. The molecule has 1 N–H and O–H groups in total. The fourth-order valence-corrected chi connectivity index (χ4v) is 2.46. The predicted molar refractivity (Wildman–Crippen MR) is 81.3 cm³/mol. The van der Waals surface area contributed by atoms with Gasteiger partial charge in [0, 0.05) is 18.8 Å². The van der Waals surface area contributed by atoms with Gasteiger partial charge in [-0.25, -0.2) is 4.98 Å². The Morgan fingerprint density at radius 2 is 2.10 bits per heavy atom. The van der Waals surface area contributed by atoms with E-state index in [4.69, 9.17) is 4.74 Å². The van der Waals surface area contributed by atoms with Crippen molar-refractivity contribution in [3.63, 3.8) is 0 Å². The molecule has 3 rings (SSSR count). The molecule has 20 heavy (non-hydrogen) atoms. The Balaban J connectivity index is 1.70. The summed E-state index contributed by atoms with van der Waals surface area (Å²) in [6, 6.07) is 10.5. The van der Waals surface area contributed by atoms with Crippen LogP contribution in [0.3, 0.4) is 0 Å². The van der Waals surface area contributed by atoms with E-state index in [0.717, 1.165) is 24.0 Å². The summed E-state index contributed by atoms with van der Waals surface area (Å²) in [7, 11) is 1.67. The Hall–Kier alpha value is -2.03. The monoisotopic (exact) mass is 268 g/mol. The molecular formula is C17H20N2O. The highest BCUT2D eigenvalue weighted by atomic mass is 16.5. The second kappa shape index (κ2) is 5.53. The minimum absolute atomic E-state index is 0.792. The highest BCUT2D eigenvalue weighted by Gasteiger charge is 2.24. The SMILES string of the molecule is COc1ccnc(NCc2ccc(C)c(C3CC3)c2)c1. The molecule has 0 atom stereocenters. The summed E-state index contributed by atoms with van der Waals surface area (Å²) in [5.74, 6) is 2.47. The Morgan fingerprint density at radius 3 is 2.85 bits per heavy atom. The van der Waals surface area contributed by atoms with Crippen molar-refractivity contribution in [2.24, 2.45) is 0 Å². The third kappa shape index (κ3) is 2.93. The second-order valence-corrected chi connectivity index (χ2v) is 5.40. The van der Waals surface area contributed by atoms with E-state index >= 15 is 0 Å². The second-order valence-electron chi connectivity index (χ2n) is 5.40. The highest BCUT2D eigenvalue weighted by molar-refractivity contribution is 5.42. The fourth-order valence-electron chi connectivity index (χ4n) is 2.46. The van der Waals surface area contributed by atoms with Crippen molar-refractivity contribution in [3.05, 3.63) is 53.2 Å². The molecule has 1 aliphatic rings. The Morgan fingerprint density at radius 1 is 1.25 bits per heavy atom. The van der Waals surface area contributed by atoms with Crippen LogP contribution >= 0.6 is 0 Å². The maximum atomic E-state index is 5.20. The molecule has 0 unspecified atom stereocenters. The zero-order chi connectivity index (χ0) is 13.9. The molecule has 1 saturated carbocycles. The van der Waals surface area contributed by atoms with Crippen molar-refractivity contribution in [1.82, 2.24) is 4.98 Å². The molecule has 3 heteroatoms. The molecule has 1 aliphatic carbocycles. The van der Waals surface area contributed by atoms with Crippen molar-refractivity contribution in [3.8, 4) is 5.75 Å². The van der Waals surface area contributed by atoms with Crippen molar-refractivity contribution in [2.45, 2.75) is 32.2 Å². The number of benzene rings is 1. The van der Waals surface area contributed by atoms with Crippen LogP contribution in [0, 0.1) is 6.92 Å². The predicted octanol–water partition coefficient (Wildman–Crippen LogP) is 3.89. The molecule has 0 bridgehead atoms. The summed E-state index contributed by atoms with van der Waals surface area (Å²) in [5.41, 5.74) is 4.24. The summed E-state index contributed by atoms with van der Waals surface area (Å²) in [6.45, 7) is 2.99. The van der Waals surface area contributed by atoms with E-state index in [-0.39, 0.29) is 0 Å². The molecular weight excluding hydrogens is 248 g/mol. The summed E-state index contributed by atoms with van der Waals surface area (Å²) in [6.07, 6.45) is 4.44. The molecule has 1 fully saturated rings. The molecule has 1 aromatic carbocycles. The maximum absolute atomic E-state index is 5.20. The van der Waals surface area contributed by atoms with Crippen LogP contribution in [0.2, 0.25) is 0 Å². The first-order valence-electron chi connectivity index (χ1n) is 7.09. The number of methoxy groups -OCH3 is 1. The third-order valence-corrected chi connectivity index (χ3v) is 3.80. The number of pyridine rings is 1. The maximum Gasteiger partial charge on any atom is 0.129 e. The number of ether oxygens (including phenoxy) is 1. The molecule has 0 aliphatic heterocycles. The van der Waals surface area contributed by atoms with Crippen LogP contribution in [0.15, 0.2) is 36.5 Å². The first-order valence-corrected chi connectivity index (χ1v) is 7.09. The third-order valence-electron chi connectivity index (χ3n) is 3.80. The molecule has 0 amide bonds. The van der Waals surface area contributed by atoms with Crippen LogP contribution in [0.25, 0.3) is 0 Å². The molecule has 104 valence electrons. The van der Waals surface area contributed by atoms with Crippen LogP contribution in [0.5, 0.6) is 5.75 Å². The zero-order valence-electron chi connectivity index (χ0n) is 12.0. The molecule has 3 nitrogen and oxygen atoms in total. The van der Waals surface area contributed by atoms with Crippen LogP contribution < -0.4 is 10.1 Å². The van der Waals surface area contributed by atoms with Gasteiger partial charge < -0.3 is 10.1 Å². The largest absolute Gasteiger partial charge is 0.497 e. The van der Waals surface area contributed by atoms with E-state index in [9.17, 15) is 0 Å². The van der Waals surface area contributed by atoms with E-state index < -0.39 is 0 Å². The van der Waals surface area contributed by atoms with Gasteiger partial charge in [-0.05, 0) is 48.4 Å². The number of hydrogen-bond donors (Lipinski definition) is 1. The normalized spacial score (nSPS) is 14.1. The average molecular weight is 268 g/mol. The van der Waals surface area contributed by atoms with E-state index in [0.29, 0.717) is 0 Å². The number of nitrogens with one attached hydrogen (secondary N) is 1. The standard InChI is InChI=1S/C17H20N2O/c1-12-3-4-13(9-16(12)14-5-6-14)11-19-17-10-15(20-2)7-8-18-17/h3-4,7-10,14H,5-6,11H2,1-2H3,(H,18,19). The van der Waals surface area contributed by atoms with Gasteiger partial charge in [0.15, 0.2) is 0 Å². The van der Waals surface area contributed by atoms with Gasteiger partial charge >= 0.3 is 0 Å². The molecule has 1 aromatic heterocycles. The molecule has 0 spiro atoms. The van der Waals surface area contributed by atoms with Crippen LogP contribution in [0.4, 0.5) is 5.82 Å². The van der Waals surface area contributed by atoms with Crippen LogP contribution in [-0.2, 0) is 6.54 Å². The van der Waals surface area contributed by atoms with Gasteiger partial charge in [-0.3, -0.25) is 0 Å². The molecule has 0 saturated heterocycles. The minimum Gasteiger partial charge on any atom is -0.497 e. The first kappa shape index (κ1) is 13.0. The summed E-state index contributed by atoms with van der Waals surface area (Å²) >= 11 is 0. The Kier molecular flexibility index (Phi) is 3.59. The Labute approximate surface area is 120 Å². The smallest absolute Gasteiger partial charge is 0.129 e. The lowest BCUT2D eigenvalue weighted by atomic mass is 10.0. The van der Waals surface area contributed by atoms with E-state index in [1.54, 1.807) is 13.3 Å². The number of hydrogen-bond acceptors (Lipinski definition) is 3. The summed E-state index contributed by atoms with van der Waals surface area (Å²) in [4.78, 5) is 4.30. The number of nitrogens with zero attached hydrogens (tertiary/aromatic N) is 1. The van der Waals surface area contributed by atoms with Crippen molar-refractivity contribution in [2.75, 3.05) is 12.4 Å². The van der Waals surface area contributed by atoms with Gasteiger partial charge in [-0.15, -0.1) is 0 Å². The number of aromatic nitrogens is 1. The van der Waals surface area contributed by atoms with Gasteiger partial charge in [0.25, 0.3) is 0 Å². The summed E-state index contributed by atoms with van der Waals surface area (Å²) < 4.78 is 5.20. The average Bonchev–Trinajstić information content (AvgIpc) is 3.31. The molecule has 1 heterocycles. The van der Waals surface area contributed by atoms with Gasteiger partial charge in [0.05, 0.1) is 7.11 Å². The quantitative estimate of drug-likeness (QED) is 0.893. The van der Waals surface area contributed by atoms with Crippen molar-refractivity contribution < 1.29 is 4.74 Å². The molecule has 2 aromatic rings. The van der Waals surface area contributed by atoms with E-state index in [1.165, 1.54) is 29.5 Å². The number of aryl methyl sites for hydroxylation is 1. The molecule has 0 radical (unpaired) electrons. The van der Waals surface area contributed by atoms with Gasteiger partial charge in [-0.2, -0.15) is 0 Å². The van der Waals surface area contributed by atoms with Gasteiger partial charge in [0.1, 0.15) is 11.6 Å².